The van der Waals surface area contributed by atoms with Crippen molar-refractivity contribution in [2.75, 3.05) is 27.2 Å². The van der Waals surface area contributed by atoms with Gasteiger partial charge in [-0.15, -0.1) is 0 Å². The van der Waals surface area contributed by atoms with Crippen molar-refractivity contribution in [2.45, 2.75) is 18.9 Å². The summed E-state index contributed by atoms with van der Waals surface area (Å²) in [5.74, 6) is 0.230. The molecule has 0 unspecified atom stereocenters. The Balaban J connectivity index is 2.13. The summed E-state index contributed by atoms with van der Waals surface area (Å²) in [5, 5.41) is 0. The van der Waals surface area contributed by atoms with Crippen LogP contribution in [0.25, 0.3) is 0 Å². The number of piperidine rings is 1. The summed E-state index contributed by atoms with van der Waals surface area (Å²) in [6, 6.07) is 5.42. The maximum atomic E-state index is 11.7. The second kappa shape index (κ2) is 6.39. The van der Waals surface area contributed by atoms with E-state index in [1.54, 1.807) is 6.07 Å². The third-order valence-corrected chi connectivity index (χ3v) is 3.80. The first kappa shape index (κ1) is 14.3. The molecule has 0 bridgehead atoms. The second-order valence-corrected chi connectivity index (χ2v) is 5.67. The zero-order chi connectivity index (χ0) is 13.8. The lowest BCUT2D eigenvalue weighted by Crippen LogP contribution is -2.35. The highest BCUT2D eigenvalue weighted by Gasteiger charge is 2.21. The van der Waals surface area contributed by atoms with E-state index in [4.69, 9.17) is 9.47 Å². The molecule has 2 rings (SSSR count). The van der Waals surface area contributed by atoms with Crippen molar-refractivity contribution in [3.05, 3.63) is 28.2 Å². The lowest BCUT2D eigenvalue weighted by molar-refractivity contribution is 0.0586. The van der Waals surface area contributed by atoms with E-state index in [2.05, 4.69) is 27.9 Å². The van der Waals surface area contributed by atoms with E-state index in [0.717, 1.165) is 30.4 Å². The van der Waals surface area contributed by atoms with Crippen LogP contribution in [0.15, 0.2) is 22.7 Å². The van der Waals surface area contributed by atoms with Gasteiger partial charge in [-0.1, -0.05) is 15.9 Å². The van der Waals surface area contributed by atoms with E-state index in [-0.39, 0.29) is 12.1 Å². The maximum absolute atomic E-state index is 11.7. The van der Waals surface area contributed by atoms with Crippen LogP contribution < -0.4 is 4.74 Å². The van der Waals surface area contributed by atoms with Gasteiger partial charge in [0, 0.05) is 17.6 Å². The standard InChI is InChI=1S/C14H18BrNO3/c1-16-7-5-11(6-8-16)19-13-4-3-10(15)9-12(13)14(17)18-2/h3-4,9,11H,5-8H2,1-2H3. The molecule has 0 aromatic heterocycles. The molecule has 1 aliphatic rings. The Morgan fingerprint density at radius 1 is 1.37 bits per heavy atom. The number of ether oxygens (including phenoxy) is 2. The first-order valence-corrected chi connectivity index (χ1v) is 7.12. The Morgan fingerprint density at radius 2 is 2.05 bits per heavy atom. The van der Waals surface area contributed by atoms with E-state index in [9.17, 15) is 4.79 Å². The van der Waals surface area contributed by atoms with E-state index in [0.29, 0.717) is 11.3 Å². The normalized spacial score (nSPS) is 17.2. The number of halogens is 1. The van der Waals surface area contributed by atoms with Gasteiger partial charge in [0.25, 0.3) is 0 Å². The maximum Gasteiger partial charge on any atom is 0.341 e. The number of carbonyl (C=O) groups excluding carboxylic acids is 1. The number of methoxy groups -OCH3 is 1. The van der Waals surface area contributed by atoms with Gasteiger partial charge in [-0.25, -0.2) is 4.79 Å². The molecule has 19 heavy (non-hydrogen) atoms. The monoisotopic (exact) mass is 327 g/mol. The molecule has 1 heterocycles. The van der Waals surface area contributed by atoms with Crippen LogP contribution in [0.4, 0.5) is 0 Å². The van der Waals surface area contributed by atoms with Crippen LogP contribution in [0.3, 0.4) is 0 Å². The zero-order valence-electron chi connectivity index (χ0n) is 11.2. The molecule has 1 aliphatic heterocycles. The van der Waals surface area contributed by atoms with Gasteiger partial charge >= 0.3 is 5.97 Å². The van der Waals surface area contributed by atoms with Gasteiger partial charge in [-0.05, 0) is 38.1 Å². The van der Waals surface area contributed by atoms with Gasteiger partial charge in [0.2, 0.25) is 0 Å². The highest BCUT2D eigenvalue weighted by Crippen LogP contribution is 2.26. The Kier molecular flexibility index (Phi) is 4.82. The third-order valence-electron chi connectivity index (χ3n) is 3.31. The molecular formula is C14H18BrNO3. The van der Waals surface area contributed by atoms with Gasteiger partial charge in [0.05, 0.1) is 7.11 Å². The van der Waals surface area contributed by atoms with Crippen molar-refractivity contribution in [2.24, 2.45) is 0 Å². The fourth-order valence-corrected chi connectivity index (χ4v) is 2.52. The Morgan fingerprint density at radius 3 is 2.68 bits per heavy atom. The summed E-state index contributed by atoms with van der Waals surface area (Å²) in [7, 11) is 3.48. The molecule has 4 nitrogen and oxygen atoms in total. The van der Waals surface area contributed by atoms with E-state index >= 15 is 0 Å². The Hall–Kier alpha value is -1.07. The van der Waals surface area contributed by atoms with Crippen molar-refractivity contribution >= 4 is 21.9 Å². The number of hydrogen-bond donors (Lipinski definition) is 0. The number of rotatable bonds is 3. The number of hydrogen-bond acceptors (Lipinski definition) is 4. The summed E-state index contributed by atoms with van der Waals surface area (Å²) in [4.78, 5) is 14.0. The average molecular weight is 328 g/mol. The summed E-state index contributed by atoms with van der Waals surface area (Å²) in [6.07, 6.45) is 2.13. The lowest BCUT2D eigenvalue weighted by atomic mass is 10.1. The van der Waals surface area contributed by atoms with Crippen LogP contribution in [0.2, 0.25) is 0 Å². The number of carbonyl (C=O) groups is 1. The molecule has 0 saturated carbocycles. The van der Waals surface area contributed by atoms with E-state index < -0.39 is 0 Å². The molecule has 0 N–H and O–H groups in total. The average Bonchev–Trinajstić information content (AvgIpc) is 2.42. The Bertz CT molecular complexity index is 456. The second-order valence-electron chi connectivity index (χ2n) is 4.75. The smallest absolute Gasteiger partial charge is 0.341 e. The molecule has 0 radical (unpaired) electrons. The van der Waals surface area contributed by atoms with Crippen LogP contribution in [-0.4, -0.2) is 44.2 Å². The van der Waals surface area contributed by atoms with Crippen LogP contribution in [0, 0.1) is 0 Å². The molecule has 1 aromatic rings. The van der Waals surface area contributed by atoms with Gasteiger partial charge in [-0.3, -0.25) is 0 Å². The number of nitrogens with zero attached hydrogens (tertiary/aromatic N) is 1. The molecular weight excluding hydrogens is 310 g/mol. The van der Waals surface area contributed by atoms with Gasteiger partial charge in [0.1, 0.15) is 17.4 Å². The molecule has 0 amide bonds. The topological polar surface area (TPSA) is 38.8 Å². The van der Waals surface area contributed by atoms with Gasteiger partial charge < -0.3 is 14.4 Å². The summed E-state index contributed by atoms with van der Waals surface area (Å²) < 4.78 is 11.6. The van der Waals surface area contributed by atoms with Crippen molar-refractivity contribution in [1.82, 2.24) is 4.90 Å². The number of benzene rings is 1. The minimum absolute atomic E-state index is 0.167. The van der Waals surface area contributed by atoms with Crippen LogP contribution in [0.5, 0.6) is 5.75 Å². The van der Waals surface area contributed by atoms with E-state index in [1.807, 2.05) is 12.1 Å². The van der Waals surface area contributed by atoms with Crippen molar-refractivity contribution < 1.29 is 14.3 Å². The van der Waals surface area contributed by atoms with Crippen LogP contribution in [-0.2, 0) is 4.74 Å². The van der Waals surface area contributed by atoms with Crippen LogP contribution >= 0.6 is 15.9 Å². The summed E-state index contributed by atoms with van der Waals surface area (Å²) in [5.41, 5.74) is 0.468. The first-order chi connectivity index (χ1) is 9.10. The molecule has 1 fully saturated rings. The SMILES string of the molecule is COC(=O)c1cc(Br)ccc1OC1CCN(C)CC1. The highest BCUT2D eigenvalue weighted by atomic mass is 79.9. The molecule has 0 aliphatic carbocycles. The van der Waals surface area contributed by atoms with Gasteiger partial charge in [0.15, 0.2) is 0 Å². The fourth-order valence-electron chi connectivity index (χ4n) is 2.16. The third kappa shape index (κ3) is 3.70. The summed E-state index contributed by atoms with van der Waals surface area (Å²) >= 11 is 3.36. The van der Waals surface area contributed by atoms with Crippen molar-refractivity contribution in [3.63, 3.8) is 0 Å². The predicted molar refractivity (Wildman–Crippen MR) is 76.6 cm³/mol. The Labute approximate surface area is 121 Å². The number of esters is 1. The van der Waals surface area contributed by atoms with Crippen molar-refractivity contribution in [3.8, 4) is 5.75 Å². The number of likely N-dealkylation sites (tertiary alicyclic amines) is 1. The quantitative estimate of drug-likeness (QED) is 0.800. The molecule has 5 heteroatoms. The molecule has 1 saturated heterocycles. The molecule has 1 aromatic carbocycles. The minimum atomic E-state index is -0.371. The predicted octanol–water partition coefficient (Wildman–Crippen LogP) is 2.71. The first-order valence-electron chi connectivity index (χ1n) is 6.33. The van der Waals surface area contributed by atoms with E-state index in [1.165, 1.54) is 7.11 Å². The van der Waals surface area contributed by atoms with Crippen LogP contribution in [0.1, 0.15) is 23.2 Å². The zero-order valence-corrected chi connectivity index (χ0v) is 12.8. The highest BCUT2D eigenvalue weighted by molar-refractivity contribution is 9.10. The van der Waals surface area contributed by atoms with Crippen molar-refractivity contribution in [1.29, 1.82) is 0 Å². The van der Waals surface area contributed by atoms with Gasteiger partial charge in [-0.2, -0.15) is 0 Å². The largest absolute Gasteiger partial charge is 0.489 e. The molecule has 104 valence electrons. The molecule has 0 atom stereocenters. The summed E-state index contributed by atoms with van der Waals surface area (Å²) in [6.45, 7) is 2.05. The fraction of sp³-hybridized carbons (Fsp3) is 0.500. The molecule has 0 spiro atoms. The minimum Gasteiger partial charge on any atom is -0.489 e. The lowest BCUT2D eigenvalue weighted by Gasteiger charge is -2.29.